The maximum Gasteiger partial charge on any atom is 0.481 e. The first-order valence-electron chi connectivity index (χ1n) is 7.78. The lowest BCUT2D eigenvalue weighted by atomic mass is 10.1. The number of hydrazine groups is 1. The predicted molar refractivity (Wildman–Crippen MR) is 92.5 cm³/mol. The quantitative estimate of drug-likeness (QED) is 0.155. The van der Waals surface area contributed by atoms with Crippen molar-refractivity contribution in [2.75, 3.05) is 19.1 Å². The number of rotatable bonds is 8. The van der Waals surface area contributed by atoms with Crippen LogP contribution in [0, 0.1) is 0 Å². The lowest BCUT2D eigenvalue weighted by molar-refractivity contribution is -0.0541. The van der Waals surface area contributed by atoms with Crippen molar-refractivity contribution in [2.45, 2.75) is 24.5 Å². The number of methoxy groups -OCH3 is 1. The molecule has 17 nitrogen and oxygen atoms in total. The van der Waals surface area contributed by atoms with E-state index in [2.05, 4.69) is 29.4 Å². The number of aliphatic hydroxyl groups is 2. The second-order valence-electron chi connectivity index (χ2n) is 5.63. The average Bonchev–Trinajstić information content (AvgIpc) is 2.91. The van der Waals surface area contributed by atoms with Crippen molar-refractivity contribution < 1.29 is 57.1 Å². The molecule has 0 aromatic carbocycles. The number of phosphoric acid groups is 2. The molecule has 1 aromatic heterocycles. The molecule has 1 fully saturated rings. The van der Waals surface area contributed by atoms with Crippen LogP contribution in [0.1, 0.15) is 6.23 Å². The fourth-order valence-electron chi connectivity index (χ4n) is 2.26. The molecule has 0 saturated carbocycles. The molecule has 5 atom stereocenters. The SMILES string of the molecule is COC(=O)NNc1ccn([C@@H]2O[C@H](COP(=O)(O)OP(=O)(O)O)[C@@H](O)[C@H]2O)c(=O)n1. The maximum absolute atomic E-state index is 12.1. The van der Waals surface area contributed by atoms with Crippen LogP contribution in [0.4, 0.5) is 10.6 Å². The summed E-state index contributed by atoms with van der Waals surface area (Å²) >= 11 is 0. The molecule has 19 heteroatoms. The number of anilines is 1. The number of hydrogen-bond donors (Lipinski definition) is 7. The summed E-state index contributed by atoms with van der Waals surface area (Å²) in [5.74, 6) is -0.0922. The normalized spacial score (nSPS) is 26.1. The van der Waals surface area contributed by atoms with Crippen LogP contribution in [0.3, 0.4) is 0 Å². The van der Waals surface area contributed by atoms with E-state index in [9.17, 15) is 33.8 Å². The monoisotopic (exact) mass is 476 g/mol. The lowest BCUT2D eigenvalue weighted by Gasteiger charge is -2.18. The number of carbonyl (C=O) groups is 1. The first-order chi connectivity index (χ1) is 13.8. The molecule has 0 spiro atoms. The van der Waals surface area contributed by atoms with Crippen molar-refractivity contribution in [1.29, 1.82) is 0 Å². The van der Waals surface area contributed by atoms with Crippen LogP contribution >= 0.6 is 15.6 Å². The number of hydrogen-bond acceptors (Lipinski definition) is 12. The molecule has 1 aliphatic heterocycles. The van der Waals surface area contributed by atoms with Gasteiger partial charge in [-0.1, -0.05) is 0 Å². The van der Waals surface area contributed by atoms with Crippen LogP contribution in [-0.2, 0) is 27.4 Å². The molecule has 170 valence electrons. The highest BCUT2D eigenvalue weighted by Crippen LogP contribution is 2.57. The highest BCUT2D eigenvalue weighted by Gasteiger charge is 2.45. The van der Waals surface area contributed by atoms with Crippen LogP contribution in [0.15, 0.2) is 17.1 Å². The Hall–Kier alpha value is -1.91. The van der Waals surface area contributed by atoms with Crippen molar-refractivity contribution >= 4 is 27.6 Å². The zero-order valence-electron chi connectivity index (χ0n) is 15.0. The van der Waals surface area contributed by atoms with Gasteiger partial charge < -0.3 is 34.4 Å². The van der Waals surface area contributed by atoms with Crippen molar-refractivity contribution in [3.8, 4) is 0 Å². The molecular weight excluding hydrogens is 458 g/mol. The standard InChI is InChI=1S/C11H18N4O13P2/c1-25-11(19)14-13-6-2-3-15(10(18)12-6)9-8(17)7(16)5(27-9)4-26-30(23,24)28-29(20,21)22/h2-3,5,7-9,16-17H,4H2,1H3,(H,14,19)(H,23,24)(H,12,13,18)(H2,20,21,22)/t5-,7-,8-,9-/m1/s1. The molecule has 2 heterocycles. The lowest BCUT2D eigenvalue weighted by Crippen LogP contribution is -2.37. The summed E-state index contributed by atoms with van der Waals surface area (Å²) in [5.41, 5.74) is 3.37. The number of nitrogens with one attached hydrogen (secondary N) is 2. The third-order valence-corrected chi connectivity index (χ3v) is 5.68. The van der Waals surface area contributed by atoms with Gasteiger partial charge in [-0.2, -0.15) is 9.29 Å². The summed E-state index contributed by atoms with van der Waals surface area (Å²) in [5, 5.41) is 20.1. The topological polar surface area (TPSA) is 248 Å². The molecule has 0 aliphatic carbocycles. The zero-order chi connectivity index (χ0) is 22.7. The molecule has 0 bridgehead atoms. The van der Waals surface area contributed by atoms with Crippen LogP contribution < -0.4 is 16.5 Å². The second kappa shape index (κ2) is 9.49. The van der Waals surface area contributed by atoms with Gasteiger partial charge in [0, 0.05) is 6.20 Å². The van der Waals surface area contributed by atoms with E-state index in [0.29, 0.717) is 0 Å². The summed E-state index contributed by atoms with van der Waals surface area (Å²) in [7, 11) is -9.44. The average molecular weight is 476 g/mol. The maximum atomic E-state index is 12.1. The smallest absolute Gasteiger partial charge is 0.452 e. The zero-order valence-corrected chi connectivity index (χ0v) is 16.8. The van der Waals surface area contributed by atoms with E-state index in [0.717, 1.165) is 17.9 Å². The van der Waals surface area contributed by atoms with E-state index >= 15 is 0 Å². The number of aromatic nitrogens is 2. The van der Waals surface area contributed by atoms with Gasteiger partial charge >= 0.3 is 27.4 Å². The number of amides is 1. The number of aliphatic hydroxyl groups excluding tert-OH is 2. The molecule has 1 unspecified atom stereocenters. The van der Waals surface area contributed by atoms with Crippen LogP contribution in [0.5, 0.6) is 0 Å². The van der Waals surface area contributed by atoms with Crippen LogP contribution in [0.25, 0.3) is 0 Å². The van der Waals surface area contributed by atoms with Gasteiger partial charge in [0.1, 0.15) is 18.3 Å². The molecule has 1 amide bonds. The Morgan fingerprint density at radius 3 is 2.53 bits per heavy atom. The number of ether oxygens (including phenoxy) is 2. The van der Waals surface area contributed by atoms with E-state index in [1.807, 2.05) is 0 Å². The molecule has 30 heavy (non-hydrogen) atoms. The van der Waals surface area contributed by atoms with Gasteiger partial charge in [-0.05, 0) is 6.07 Å². The Kier molecular flexibility index (Phi) is 7.70. The fourth-order valence-corrected chi connectivity index (χ4v) is 3.86. The molecule has 2 rings (SSSR count). The molecule has 1 saturated heterocycles. The van der Waals surface area contributed by atoms with Gasteiger partial charge in [0.05, 0.1) is 13.7 Å². The van der Waals surface area contributed by atoms with Crippen molar-refractivity contribution in [3.05, 3.63) is 22.7 Å². The van der Waals surface area contributed by atoms with E-state index in [4.69, 9.17) is 14.5 Å². The number of nitrogens with zero attached hydrogens (tertiary/aromatic N) is 2. The minimum atomic E-state index is -5.35. The summed E-state index contributed by atoms with van der Waals surface area (Å²) in [6.07, 6.45) is -6.13. The minimum Gasteiger partial charge on any atom is -0.452 e. The predicted octanol–water partition coefficient (Wildman–Crippen LogP) is -2.23. The van der Waals surface area contributed by atoms with E-state index in [1.54, 1.807) is 0 Å². The molecule has 1 aromatic rings. The van der Waals surface area contributed by atoms with Crippen molar-refractivity contribution in [3.63, 3.8) is 0 Å². The Balaban J connectivity index is 2.06. The Labute approximate surface area is 167 Å². The Morgan fingerprint density at radius 1 is 1.30 bits per heavy atom. The summed E-state index contributed by atoms with van der Waals surface area (Å²) in [6.45, 7) is -0.923. The highest BCUT2D eigenvalue weighted by atomic mass is 31.3. The first-order valence-corrected chi connectivity index (χ1v) is 10.8. The van der Waals surface area contributed by atoms with Gasteiger partial charge in [-0.15, -0.1) is 0 Å². The molecule has 1 aliphatic rings. The van der Waals surface area contributed by atoms with Crippen LogP contribution in [-0.4, -0.2) is 72.6 Å². The van der Waals surface area contributed by atoms with E-state index < -0.39 is 58.6 Å². The van der Waals surface area contributed by atoms with Crippen molar-refractivity contribution in [1.82, 2.24) is 15.0 Å². The molecular formula is C11H18N4O13P2. The van der Waals surface area contributed by atoms with Crippen molar-refractivity contribution in [2.24, 2.45) is 0 Å². The fraction of sp³-hybridized carbons (Fsp3) is 0.545. The van der Waals surface area contributed by atoms with Gasteiger partial charge in [-0.3, -0.25) is 14.5 Å². The Bertz CT molecular complexity index is 919. The van der Waals surface area contributed by atoms with Gasteiger partial charge in [0.15, 0.2) is 12.0 Å². The molecule has 0 radical (unpaired) electrons. The summed E-state index contributed by atoms with van der Waals surface area (Å²) in [6, 6.07) is 1.21. The van der Waals surface area contributed by atoms with E-state index in [1.165, 1.54) is 6.07 Å². The highest BCUT2D eigenvalue weighted by molar-refractivity contribution is 7.60. The molecule has 7 N–H and O–H groups in total. The number of carbonyl (C=O) groups excluding carboxylic acids is 1. The van der Waals surface area contributed by atoms with Gasteiger partial charge in [0.25, 0.3) is 0 Å². The first kappa shape index (κ1) is 24.4. The van der Waals surface area contributed by atoms with Gasteiger partial charge in [-0.25, -0.2) is 24.1 Å². The third kappa shape index (κ3) is 6.55. The van der Waals surface area contributed by atoms with E-state index in [-0.39, 0.29) is 5.82 Å². The van der Waals surface area contributed by atoms with Crippen LogP contribution in [0.2, 0.25) is 0 Å². The second-order valence-corrected chi connectivity index (χ2v) is 8.46. The summed E-state index contributed by atoms with van der Waals surface area (Å²) < 4.78 is 40.3. The summed E-state index contributed by atoms with van der Waals surface area (Å²) in [4.78, 5) is 53.0. The van der Waals surface area contributed by atoms with Gasteiger partial charge in [0.2, 0.25) is 0 Å². The number of phosphoric ester groups is 1. The Morgan fingerprint density at radius 2 is 1.97 bits per heavy atom. The largest absolute Gasteiger partial charge is 0.481 e. The minimum absolute atomic E-state index is 0.0922. The third-order valence-electron chi connectivity index (χ3n) is 3.53.